The van der Waals surface area contributed by atoms with E-state index in [0.29, 0.717) is 18.7 Å². The SMILES string of the molecule is CN(CCC#N)c1ccc(C#N)c(F)c1. The van der Waals surface area contributed by atoms with E-state index in [-0.39, 0.29) is 5.56 Å². The van der Waals surface area contributed by atoms with Gasteiger partial charge in [-0.1, -0.05) is 0 Å². The second-order valence-corrected chi connectivity index (χ2v) is 3.11. The van der Waals surface area contributed by atoms with Crippen molar-refractivity contribution in [3.8, 4) is 12.1 Å². The van der Waals surface area contributed by atoms with Crippen molar-refractivity contribution < 1.29 is 4.39 Å². The van der Waals surface area contributed by atoms with Crippen molar-refractivity contribution in [2.75, 3.05) is 18.5 Å². The van der Waals surface area contributed by atoms with Crippen LogP contribution in [0.5, 0.6) is 0 Å². The summed E-state index contributed by atoms with van der Waals surface area (Å²) in [6.07, 6.45) is 0.387. The van der Waals surface area contributed by atoms with E-state index in [4.69, 9.17) is 10.5 Å². The summed E-state index contributed by atoms with van der Waals surface area (Å²) in [6.45, 7) is 0.543. The molecule has 0 radical (unpaired) electrons. The van der Waals surface area contributed by atoms with Gasteiger partial charge in [-0.05, 0) is 18.2 Å². The van der Waals surface area contributed by atoms with Crippen molar-refractivity contribution >= 4 is 5.69 Å². The highest BCUT2D eigenvalue weighted by atomic mass is 19.1. The van der Waals surface area contributed by atoms with Crippen LogP contribution >= 0.6 is 0 Å². The number of nitrogens with zero attached hydrogens (tertiary/aromatic N) is 3. The summed E-state index contributed by atoms with van der Waals surface area (Å²) in [4.78, 5) is 1.77. The number of halogens is 1. The number of anilines is 1. The molecule has 15 heavy (non-hydrogen) atoms. The van der Waals surface area contributed by atoms with Gasteiger partial charge in [0.2, 0.25) is 0 Å². The third-order valence-electron chi connectivity index (χ3n) is 2.07. The summed E-state index contributed by atoms with van der Waals surface area (Å²) in [6, 6.07) is 8.18. The van der Waals surface area contributed by atoms with Crippen LogP contribution in [0, 0.1) is 28.5 Å². The minimum absolute atomic E-state index is 0.0347. The molecule has 0 amide bonds. The summed E-state index contributed by atoms with van der Waals surface area (Å²) in [5.41, 5.74) is 0.703. The molecule has 0 aromatic heterocycles. The molecule has 76 valence electrons. The Morgan fingerprint density at radius 3 is 2.67 bits per heavy atom. The number of hydrogen-bond acceptors (Lipinski definition) is 3. The van der Waals surface area contributed by atoms with Crippen LogP contribution in [0.15, 0.2) is 18.2 Å². The standard InChI is InChI=1S/C11H10FN3/c1-15(6-2-5-13)10-4-3-9(8-14)11(12)7-10/h3-4,7H,2,6H2,1H3. The molecule has 1 aromatic rings. The van der Waals surface area contributed by atoms with Gasteiger partial charge in [0.15, 0.2) is 0 Å². The van der Waals surface area contributed by atoms with Gasteiger partial charge in [-0.3, -0.25) is 0 Å². The number of benzene rings is 1. The van der Waals surface area contributed by atoms with Gasteiger partial charge in [-0.15, -0.1) is 0 Å². The second-order valence-electron chi connectivity index (χ2n) is 3.11. The van der Waals surface area contributed by atoms with Gasteiger partial charge in [-0.2, -0.15) is 10.5 Å². The average molecular weight is 203 g/mol. The molecule has 0 aliphatic heterocycles. The maximum Gasteiger partial charge on any atom is 0.143 e. The molecule has 0 saturated heterocycles. The molecule has 0 spiro atoms. The third kappa shape index (κ3) is 2.69. The lowest BCUT2D eigenvalue weighted by Gasteiger charge is -2.17. The molecule has 0 aliphatic rings. The van der Waals surface area contributed by atoms with E-state index in [1.165, 1.54) is 12.1 Å². The zero-order valence-electron chi connectivity index (χ0n) is 8.37. The Hall–Kier alpha value is -2.07. The summed E-state index contributed by atoms with van der Waals surface area (Å²) in [7, 11) is 1.78. The lowest BCUT2D eigenvalue weighted by atomic mass is 10.2. The highest BCUT2D eigenvalue weighted by Gasteiger charge is 2.05. The van der Waals surface area contributed by atoms with Gasteiger partial charge in [-0.25, -0.2) is 4.39 Å². The first kappa shape index (κ1) is 11.0. The summed E-state index contributed by atoms with van der Waals surface area (Å²) >= 11 is 0. The summed E-state index contributed by atoms with van der Waals surface area (Å²) < 4.78 is 13.2. The smallest absolute Gasteiger partial charge is 0.143 e. The first-order chi connectivity index (χ1) is 7.19. The Morgan fingerprint density at radius 1 is 1.40 bits per heavy atom. The van der Waals surface area contributed by atoms with Crippen LogP contribution in [-0.2, 0) is 0 Å². The largest absolute Gasteiger partial charge is 0.373 e. The van der Waals surface area contributed by atoms with Crippen LogP contribution in [-0.4, -0.2) is 13.6 Å². The van der Waals surface area contributed by atoms with Crippen LogP contribution in [0.25, 0.3) is 0 Å². The lowest BCUT2D eigenvalue weighted by Crippen LogP contribution is -2.18. The van der Waals surface area contributed by atoms with E-state index >= 15 is 0 Å². The van der Waals surface area contributed by atoms with Gasteiger partial charge in [0.1, 0.15) is 11.9 Å². The molecule has 4 heteroatoms. The minimum atomic E-state index is -0.529. The third-order valence-corrected chi connectivity index (χ3v) is 2.07. The fourth-order valence-electron chi connectivity index (χ4n) is 1.18. The minimum Gasteiger partial charge on any atom is -0.373 e. The molecule has 1 aromatic carbocycles. The first-order valence-corrected chi connectivity index (χ1v) is 4.46. The molecule has 0 unspecified atom stereocenters. The van der Waals surface area contributed by atoms with E-state index in [2.05, 4.69) is 0 Å². The van der Waals surface area contributed by atoms with Crippen molar-refractivity contribution in [3.63, 3.8) is 0 Å². The topological polar surface area (TPSA) is 50.8 Å². The quantitative estimate of drug-likeness (QED) is 0.755. The first-order valence-electron chi connectivity index (χ1n) is 4.46. The highest BCUT2D eigenvalue weighted by Crippen LogP contribution is 2.17. The zero-order chi connectivity index (χ0) is 11.3. The molecule has 0 fully saturated rings. The average Bonchev–Trinajstić information content (AvgIpc) is 2.25. The molecule has 0 saturated carbocycles. The predicted molar refractivity (Wildman–Crippen MR) is 54.6 cm³/mol. The fourth-order valence-corrected chi connectivity index (χ4v) is 1.18. The van der Waals surface area contributed by atoms with Crippen molar-refractivity contribution in [2.45, 2.75) is 6.42 Å². The molecule has 0 heterocycles. The van der Waals surface area contributed by atoms with Gasteiger partial charge in [0.25, 0.3) is 0 Å². The Kier molecular flexibility index (Phi) is 3.65. The fraction of sp³-hybridized carbons (Fsp3) is 0.273. The molecular formula is C11H10FN3. The van der Waals surface area contributed by atoms with E-state index < -0.39 is 5.82 Å². The zero-order valence-corrected chi connectivity index (χ0v) is 8.37. The predicted octanol–water partition coefficient (Wildman–Crippen LogP) is 2.05. The highest BCUT2D eigenvalue weighted by molar-refractivity contribution is 5.49. The Bertz CT molecular complexity index is 428. The van der Waals surface area contributed by atoms with Gasteiger partial charge in [0.05, 0.1) is 18.1 Å². The number of nitriles is 2. The van der Waals surface area contributed by atoms with Crippen molar-refractivity contribution in [1.82, 2.24) is 0 Å². The Labute approximate surface area is 88.0 Å². The molecule has 1 rings (SSSR count). The molecular weight excluding hydrogens is 193 g/mol. The van der Waals surface area contributed by atoms with Crippen molar-refractivity contribution in [1.29, 1.82) is 10.5 Å². The van der Waals surface area contributed by atoms with E-state index in [1.807, 2.05) is 6.07 Å². The van der Waals surface area contributed by atoms with Gasteiger partial charge in [0, 0.05) is 19.3 Å². The molecule has 0 atom stereocenters. The van der Waals surface area contributed by atoms with Crippen LogP contribution in [0.4, 0.5) is 10.1 Å². The van der Waals surface area contributed by atoms with Crippen LogP contribution in [0.2, 0.25) is 0 Å². The number of hydrogen-bond donors (Lipinski definition) is 0. The van der Waals surface area contributed by atoms with Crippen LogP contribution in [0.3, 0.4) is 0 Å². The van der Waals surface area contributed by atoms with Gasteiger partial charge >= 0.3 is 0 Å². The summed E-state index contributed by atoms with van der Waals surface area (Å²) in [5, 5.41) is 16.9. The van der Waals surface area contributed by atoms with Crippen molar-refractivity contribution in [2.24, 2.45) is 0 Å². The molecule has 3 nitrogen and oxygen atoms in total. The van der Waals surface area contributed by atoms with Crippen LogP contribution in [0.1, 0.15) is 12.0 Å². The second kappa shape index (κ2) is 4.97. The van der Waals surface area contributed by atoms with Gasteiger partial charge < -0.3 is 4.90 Å². The normalized spacial score (nSPS) is 9.07. The lowest BCUT2D eigenvalue weighted by molar-refractivity contribution is 0.623. The number of rotatable bonds is 3. The van der Waals surface area contributed by atoms with E-state index in [1.54, 1.807) is 24.1 Å². The van der Waals surface area contributed by atoms with E-state index in [0.717, 1.165) is 0 Å². The molecule has 0 bridgehead atoms. The van der Waals surface area contributed by atoms with Crippen LogP contribution < -0.4 is 4.90 Å². The summed E-state index contributed by atoms with van der Waals surface area (Å²) in [5.74, 6) is -0.529. The maximum absolute atomic E-state index is 13.2. The van der Waals surface area contributed by atoms with E-state index in [9.17, 15) is 4.39 Å². The maximum atomic E-state index is 13.2. The molecule has 0 N–H and O–H groups in total. The molecule has 0 aliphatic carbocycles. The van der Waals surface area contributed by atoms with Crippen molar-refractivity contribution in [3.05, 3.63) is 29.6 Å². The Morgan fingerprint density at radius 2 is 2.13 bits per heavy atom. The monoisotopic (exact) mass is 203 g/mol. The Balaban J connectivity index is 2.84.